The smallest absolute Gasteiger partial charge is 0.407 e. The maximum Gasteiger partial charge on any atom is 0.407 e. The molecule has 0 bridgehead atoms. The third kappa shape index (κ3) is 7.05. The number of rotatable bonds is 9. The van der Waals surface area contributed by atoms with Crippen LogP contribution in [0.25, 0.3) is 10.8 Å². The van der Waals surface area contributed by atoms with E-state index in [2.05, 4.69) is 5.32 Å². The van der Waals surface area contributed by atoms with Gasteiger partial charge in [0.2, 0.25) is 11.8 Å². The number of ether oxygens (including phenoxy) is 1. The molecular formula is C29H30F2N4O8S. The van der Waals surface area contributed by atoms with Crippen LogP contribution in [0.4, 0.5) is 25.0 Å². The summed E-state index contributed by atoms with van der Waals surface area (Å²) in [6.07, 6.45) is -0.527. The molecule has 1 heterocycles. The Kier molecular flexibility index (Phi) is 9.37. The number of sulfone groups is 1. The molecule has 234 valence electrons. The number of benzene rings is 3. The highest BCUT2D eigenvalue weighted by molar-refractivity contribution is 7.91. The van der Waals surface area contributed by atoms with Crippen molar-refractivity contribution < 1.29 is 46.2 Å². The average molecular weight is 633 g/mol. The molecule has 1 aliphatic heterocycles. The largest absolute Gasteiger partial charge is 0.465 e. The van der Waals surface area contributed by atoms with E-state index >= 15 is 0 Å². The lowest BCUT2D eigenvalue weighted by Crippen LogP contribution is -2.57. The molecule has 0 spiro atoms. The van der Waals surface area contributed by atoms with Crippen molar-refractivity contribution in [1.29, 1.82) is 0 Å². The Labute approximate surface area is 251 Å². The number of anilines is 2. The molecule has 0 aliphatic carbocycles. The van der Waals surface area contributed by atoms with Crippen LogP contribution in [0, 0.1) is 0 Å². The highest BCUT2D eigenvalue weighted by Gasteiger charge is 2.39. The first-order valence-corrected chi connectivity index (χ1v) is 15.3. The van der Waals surface area contributed by atoms with Crippen LogP contribution in [0.5, 0.6) is 5.75 Å². The van der Waals surface area contributed by atoms with Crippen LogP contribution >= 0.6 is 0 Å². The first kappa shape index (κ1) is 32.1. The van der Waals surface area contributed by atoms with Gasteiger partial charge in [-0.2, -0.15) is 8.78 Å². The number of hydrogen-bond acceptors (Lipinski definition) is 7. The molecule has 0 aromatic heterocycles. The van der Waals surface area contributed by atoms with Gasteiger partial charge >= 0.3 is 12.7 Å². The standard InChI is InChI=1S/C29H30F2N4O8S/c1-17(33(2)29(39)40)26(37)32-21-15-34(25(36)16-44(3,41)42)22-10-6-7-11-23(22)35(27(21)38)14-20-19-9-5-4-8-18(19)12-13-24(20)43-28(30)31/h4-13,17,21,28H,14-16H2,1-3H3,(H,32,37)(H,39,40)/t17-,21-/m0/s1. The van der Waals surface area contributed by atoms with Crippen LogP contribution in [-0.2, 0) is 30.8 Å². The Hall–Kier alpha value is -4.79. The van der Waals surface area contributed by atoms with Crippen LogP contribution in [0.1, 0.15) is 12.5 Å². The molecule has 0 radical (unpaired) electrons. The minimum atomic E-state index is -3.82. The third-order valence-corrected chi connectivity index (χ3v) is 7.96. The number of nitrogens with zero attached hydrogens (tertiary/aromatic N) is 3. The molecule has 4 amide bonds. The lowest BCUT2D eigenvalue weighted by atomic mass is 10.0. The number of carbonyl (C=O) groups is 4. The van der Waals surface area contributed by atoms with Crippen molar-refractivity contribution in [2.75, 3.05) is 35.4 Å². The minimum absolute atomic E-state index is 0.138. The molecule has 0 unspecified atom stereocenters. The molecule has 12 nitrogen and oxygen atoms in total. The van der Waals surface area contributed by atoms with Gasteiger partial charge in [0.25, 0.3) is 5.91 Å². The van der Waals surface area contributed by atoms with Crippen molar-refractivity contribution >= 4 is 55.8 Å². The van der Waals surface area contributed by atoms with Gasteiger partial charge in [0.1, 0.15) is 23.6 Å². The summed E-state index contributed by atoms with van der Waals surface area (Å²) in [5.74, 6) is -3.60. The van der Waals surface area contributed by atoms with E-state index in [-0.39, 0.29) is 29.2 Å². The highest BCUT2D eigenvalue weighted by Crippen LogP contribution is 2.37. The maximum atomic E-state index is 14.2. The van der Waals surface area contributed by atoms with Gasteiger partial charge in [0, 0.05) is 18.9 Å². The van der Waals surface area contributed by atoms with Crippen LogP contribution in [0.15, 0.2) is 60.7 Å². The van der Waals surface area contributed by atoms with Crippen LogP contribution < -0.4 is 19.9 Å². The lowest BCUT2D eigenvalue weighted by Gasteiger charge is -2.28. The van der Waals surface area contributed by atoms with E-state index in [4.69, 9.17) is 4.74 Å². The summed E-state index contributed by atoms with van der Waals surface area (Å²) in [6.45, 7) is -2.71. The molecular weight excluding hydrogens is 602 g/mol. The topological polar surface area (TPSA) is 154 Å². The monoisotopic (exact) mass is 632 g/mol. The van der Waals surface area contributed by atoms with Crippen molar-refractivity contribution in [3.05, 3.63) is 66.2 Å². The zero-order valence-electron chi connectivity index (χ0n) is 23.9. The number of amides is 4. The number of fused-ring (bicyclic) bond motifs is 2. The molecule has 0 saturated carbocycles. The summed E-state index contributed by atoms with van der Waals surface area (Å²) < 4.78 is 55.8. The lowest BCUT2D eigenvalue weighted by molar-refractivity contribution is -0.130. The summed E-state index contributed by atoms with van der Waals surface area (Å²) >= 11 is 0. The number of hydrogen-bond donors (Lipinski definition) is 2. The highest BCUT2D eigenvalue weighted by atomic mass is 32.2. The van der Waals surface area contributed by atoms with Gasteiger partial charge in [0.15, 0.2) is 9.84 Å². The maximum absolute atomic E-state index is 14.2. The number of alkyl halides is 2. The van der Waals surface area contributed by atoms with Crippen LogP contribution in [0.3, 0.4) is 0 Å². The summed E-state index contributed by atoms with van der Waals surface area (Å²) in [5, 5.41) is 13.0. The van der Waals surface area contributed by atoms with Crippen LogP contribution in [0.2, 0.25) is 0 Å². The molecule has 1 aliphatic rings. The second kappa shape index (κ2) is 12.8. The molecule has 0 fully saturated rings. The Morgan fingerprint density at radius 1 is 1.07 bits per heavy atom. The van der Waals surface area contributed by atoms with Crippen molar-refractivity contribution in [3.63, 3.8) is 0 Å². The van der Waals surface area contributed by atoms with E-state index < -0.39 is 64.6 Å². The number of nitrogens with one attached hydrogen (secondary N) is 1. The molecule has 15 heteroatoms. The van der Waals surface area contributed by atoms with E-state index in [9.17, 15) is 41.5 Å². The minimum Gasteiger partial charge on any atom is -0.465 e. The first-order valence-electron chi connectivity index (χ1n) is 13.3. The number of carboxylic acid groups (broad SMARTS) is 1. The molecule has 3 aromatic carbocycles. The molecule has 2 N–H and O–H groups in total. The summed E-state index contributed by atoms with van der Waals surface area (Å²) in [4.78, 5) is 55.1. The van der Waals surface area contributed by atoms with Crippen molar-refractivity contribution in [2.24, 2.45) is 0 Å². The van der Waals surface area contributed by atoms with E-state index in [1.54, 1.807) is 42.5 Å². The second-order valence-corrected chi connectivity index (χ2v) is 12.4. The molecule has 2 atom stereocenters. The summed E-state index contributed by atoms with van der Waals surface area (Å²) in [7, 11) is -2.65. The number of para-hydroxylation sites is 2. The van der Waals surface area contributed by atoms with Gasteiger partial charge in [-0.15, -0.1) is 0 Å². The van der Waals surface area contributed by atoms with E-state index in [0.717, 1.165) is 23.1 Å². The predicted octanol–water partition coefficient (Wildman–Crippen LogP) is 2.85. The second-order valence-electron chi connectivity index (χ2n) is 10.3. The number of halogens is 2. The van der Waals surface area contributed by atoms with E-state index in [1.165, 1.54) is 30.0 Å². The normalized spacial score (nSPS) is 15.9. The quantitative estimate of drug-likeness (QED) is 0.365. The van der Waals surface area contributed by atoms with Gasteiger partial charge in [-0.1, -0.05) is 42.5 Å². The average Bonchev–Trinajstić information content (AvgIpc) is 3.06. The number of likely N-dealkylation sites (N-methyl/N-ethyl adjacent to an activating group) is 1. The Bertz CT molecular complexity index is 1720. The molecule has 0 saturated heterocycles. The first-order chi connectivity index (χ1) is 20.7. The molecule has 44 heavy (non-hydrogen) atoms. The Morgan fingerprint density at radius 2 is 1.70 bits per heavy atom. The van der Waals surface area contributed by atoms with Crippen molar-refractivity contribution in [2.45, 2.75) is 32.2 Å². The fourth-order valence-electron chi connectivity index (χ4n) is 4.87. The summed E-state index contributed by atoms with van der Waals surface area (Å²) in [5.41, 5.74) is 0.493. The SMILES string of the molecule is C[C@@H](C(=O)N[C@H]1CN(C(=O)CS(C)(=O)=O)c2ccccc2N(Cc2c(OC(F)F)ccc3ccccc23)C1=O)N(C)C(=O)O. The van der Waals surface area contributed by atoms with Gasteiger partial charge < -0.3 is 25.0 Å². The third-order valence-electron chi connectivity index (χ3n) is 7.19. The van der Waals surface area contributed by atoms with Gasteiger partial charge in [0.05, 0.1) is 24.5 Å². The predicted molar refractivity (Wildman–Crippen MR) is 157 cm³/mol. The fraction of sp³-hybridized carbons (Fsp3) is 0.310. The summed E-state index contributed by atoms with van der Waals surface area (Å²) in [6, 6.07) is 13.2. The Balaban J connectivity index is 1.87. The van der Waals surface area contributed by atoms with Crippen LogP contribution in [-0.4, -0.2) is 86.5 Å². The van der Waals surface area contributed by atoms with Gasteiger partial charge in [-0.25, -0.2) is 13.2 Å². The molecule has 3 aromatic rings. The van der Waals surface area contributed by atoms with E-state index in [0.29, 0.717) is 10.8 Å². The molecule has 4 rings (SSSR count). The van der Waals surface area contributed by atoms with Crippen molar-refractivity contribution in [3.8, 4) is 5.75 Å². The van der Waals surface area contributed by atoms with Gasteiger partial charge in [-0.3, -0.25) is 19.3 Å². The Morgan fingerprint density at radius 3 is 2.34 bits per heavy atom. The van der Waals surface area contributed by atoms with Crippen molar-refractivity contribution in [1.82, 2.24) is 10.2 Å². The zero-order chi connectivity index (χ0) is 32.3. The van der Waals surface area contributed by atoms with Gasteiger partial charge in [-0.05, 0) is 35.9 Å². The fourth-order valence-corrected chi connectivity index (χ4v) is 5.48. The number of carbonyl (C=O) groups excluding carboxylic acids is 3. The zero-order valence-corrected chi connectivity index (χ0v) is 24.8. The van der Waals surface area contributed by atoms with E-state index in [1.807, 2.05) is 0 Å².